The van der Waals surface area contributed by atoms with E-state index in [0.717, 1.165) is 49.6 Å². The molecule has 4 heterocycles. The van der Waals surface area contributed by atoms with Gasteiger partial charge in [-0.1, -0.05) is 0 Å². The number of fused-ring (bicyclic) bond motifs is 1. The number of imide groups is 2. The number of carbonyl (C=O) groups is 6. The van der Waals surface area contributed by atoms with Gasteiger partial charge in [0.25, 0.3) is 11.8 Å². The number of anilines is 1. The smallest absolute Gasteiger partial charge is 0.480 e. The number of amides is 4. The molecule has 4 aliphatic rings. The molecule has 0 radical (unpaired) electrons. The van der Waals surface area contributed by atoms with Crippen molar-refractivity contribution in [3.05, 3.63) is 29.3 Å². The van der Waals surface area contributed by atoms with E-state index < -0.39 is 47.8 Å². The van der Waals surface area contributed by atoms with Gasteiger partial charge in [-0.15, -0.1) is 0 Å². The summed E-state index contributed by atoms with van der Waals surface area (Å²) in [6, 6.07) is 4.21. The van der Waals surface area contributed by atoms with Gasteiger partial charge in [-0.2, -0.15) is 13.2 Å². The number of piperidine rings is 2. The third-order valence-electron chi connectivity index (χ3n) is 7.36. The largest absolute Gasteiger partial charge is 0.490 e. The first-order chi connectivity index (χ1) is 18.2. The lowest BCUT2D eigenvalue weighted by molar-refractivity contribution is -0.192. The number of hydrogen-bond acceptors (Lipinski definition) is 8. The Morgan fingerprint density at radius 3 is 2.13 bits per heavy atom. The first kappa shape index (κ1) is 28.0. The van der Waals surface area contributed by atoms with Crippen LogP contribution in [0.2, 0.25) is 0 Å². The van der Waals surface area contributed by atoms with Crippen molar-refractivity contribution in [2.45, 2.75) is 37.9 Å². The average Bonchev–Trinajstić information content (AvgIpc) is 3.07. The summed E-state index contributed by atoms with van der Waals surface area (Å²) in [5, 5.41) is 18.3. The summed E-state index contributed by atoms with van der Waals surface area (Å²) in [7, 11) is 0. The van der Waals surface area contributed by atoms with Crippen molar-refractivity contribution in [1.29, 1.82) is 0 Å². The number of carbonyl (C=O) groups excluding carboxylic acids is 4. The minimum Gasteiger partial charge on any atom is -0.480 e. The lowest BCUT2D eigenvalue weighted by Crippen LogP contribution is -2.60. The van der Waals surface area contributed by atoms with E-state index in [4.69, 9.17) is 15.0 Å². The van der Waals surface area contributed by atoms with Gasteiger partial charge in [-0.25, -0.2) is 4.79 Å². The van der Waals surface area contributed by atoms with Crippen molar-refractivity contribution >= 4 is 41.3 Å². The van der Waals surface area contributed by atoms with Crippen molar-refractivity contribution in [3.8, 4) is 0 Å². The van der Waals surface area contributed by atoms with Gasteiger partial charge in [0.2, 0.25) is 11.8 Å². The van der Waals surface area contributed by atoms with E-state index in [9.17, 15) is 37.1 Å². The number of nitrogens with one attached hydrogen (secondary N) is 1. The lowest BCUT2D eigenvalue weighted by Gasteiger charge is -2.55. The zero-order valence-corrected chi connectivity index (χ0v) is 20.5. The Bertz CT molecular complexity index is 1230. The minimum absolute atomic E-state index is 0.0738. The fourth-order valence-corrected chi connectivity index (χ4v) is 5.29. The van der Waals surface area contributed by atoms with Crippen LogP contribution in [0.1, 0.15) is 46.4 Å². The van der Waals surface area contributed by atoms with Crippen molar-refractivity contribution in [2.75, 3.05) is 37.6 Å². The molecule has 0 aromatic heterocycles. The molecule has 1 aromatic rings. The molecule has 1 spiro atoms. The summed E-state index contributed by atoms with van der Waals surface area (Å²) in [6.07, 6.45) is -2.99. The molecule has 3 saturated heterocycles. The van der Waals surface area contributed by atoms with Gasteiger partial charge in [0.1, 0.15) is 6.04 Å². The number of benzene rings is 1. The number of nitrogens with zero attached hydrogens (tertiary/aromatic N) is 3. The Hall–Kier alpha value is -4.01. The van der Waals surface area contributed by atoms with Crippen LogP contribution < -0.4 is 10.2 Å². The summed E-state index contributed by atoms with van der Waals surface area (Å²) >= 11 is 0. The number of carboxylic acid groups (broad SMARTS) is 2. The number of alkyl halides is 3. The summed E-state index contributed by atoms with van der Waals surface area (Å²) in [6.45, 7) is 3.25. The summed E-state index contributed by atoms with van der Waals surface area (Å²) in [5.74, 6) is -5.58. The highest BCUT2D eigenvalue weighted by Crippen LogP contribution is 2.43. The van der Waals surface area contributed by atoms with Crippen LogP contribution in [0.25, 0.3) is 0 Å². The van der Waals surface area contributed by atoms with Gasteiger partial charge in [-0.05, 0) is 50.6 Å². The molecule has 4 amide bonds. The normalized spacial score (nSPS) is 22.6. The van der Waals surface area contributed by atoms with Crippen LogP contribution in [0.5, 0.6) is 0 Å². The average molecular weight is 554 g/mol. The second kappa shape index (κ2) is 10.3. The predicted octanol–water partition coefficient (Wildman–Crippen LogP) is 0.708. The molecule has 0 saturated carbocycles. The van der Waals surface area contributed by atoms with E-state index in [0.29, 0.717) is 0 Å². The third-order valence-corrected chi connectivity index (χ3v) is 7.36. The highest BCUT2D eigenvalue weighted by atomic mass is 19.4. The van der Waals surface area contributed by atoms with E-state index >= 15 is 0 Å². The van der Waals surface area contributed by atoms with Crippen molar-refractivity contribution in [2.24, 2.45) is 5.41 Å². The monoisotopic (exact) mass is 554 g/mol. The summed E-state index contributed by atoms with van der Waals surface area (Å²) in [4.78, 5) is 74.3. The van der Waals surface area contributed by atoms with Crippen LogP contribution in [0, 0.1) is 5.41 Å². The standard InChI is InChI=1S/C22H24N4O6.C2HF3O2/c27-17-4-3-16(19(30)23-17)26-20(31)14-2-1-13(9-15(14)21(26)32)25-11-22(12-25)5-7-24(8-6-22)10-18(28)29;3-2(4,5)1(6)7/h1-2,9,16H,3-8,10-12H2,(H,28,29)(H,23,27,30);(H,6,7). The van der Waals surface area contributed by atoms with E-state index in [1.54, 1.807) is 12.1 Å². The van der Waals surface area contributed by atoms with Crippen molar-refractivity contribution < 1.29 is 52.2 Å². The molecular weight excluding hydrogens is 529 g/mol. The van der Waals surface area contributed by atoms with Gasteiger partial charge in [-0.3, -0.25) is 39.1 Å². The maximum Gasteiger partial charge on any atom is 0.490 e. The minimum atomic E-state index is -5.08. The number of likely N-dealkylation sites (tertiary alicyclic amines) is 1. The molecule has 0 bridgehead atoms. The zero-order chi connectivity index (χ0) is 28.7. The van der Waals surface area contributed by atoms with Crippen LogP contribution >= 0.6 is 0 Å². The SMILES string of the molecule is O=C(O)C(F)(F)F.O=C(O)CN1CCC2(CC1)CN(c1ccc3c(c1)C(=O)N(C1CCC(=O)NC1=O)C3=O)C2. The molecule has 1 unspecified atom stereocenters. The Balaban J connectivity index is 0.000000448. The molecule has 1 aromatic carbocycles. The fourth-order valence-electron chi connectivity index (χ4n) is 5.29. The van der Waals surface area contributed by atoms with Crippen LogP contribution in [-0.4, -0.2) is 101 Å². The molecule has 15 heteroatoms. The molecule has 12 nitrogen and oxygen atoms in total. The van der Waals surface area contributed by atoms with Gasteiger partial charge >= 0.3 is 18.1 Å². The Morgan fingerprint density at radius 2 is 1.59 bits per heavy atom. The molecule has 0 aliphatic carbocycles. The van der Waals surface area contributed by atoms with E-state index in [-0.39, 0.29) is 35.9 Å². The molecule has 5 rings (SSSR count). The molecule has 39 heavy (non-hydrogen) atoms. The topological polar surface area (TPSA) is 165 Å². The van der Waals surface area contributed by atoms with E-state index in [1.807, 2.05) is 11.0 Å². The van der Waals surface area contributed by atoms with Crippen LogP contribution in [-0.2, 0) is 19.2 Å². The number of halogens is 3. The van der Waals surface area contributed by atoms with Gasteiger partial charge < -0.3 is 15.1 Å². The highest BCUT2D eigenvalue weighted by molar-refractivity contribution is 6.23. The van der Waals surface area contributed by atoms with Crippen LogP contribution in [0.3, 0.4) is 0 Å². The second-order valence-corrected chi connectivity index (χ2v) is 10.0. The van der Waals surface area contributed by atoms with Gasteiger partial charge in [0.05, 0.1) is 17.7 Å². The third kappa shape index (κ3) is 5.72. The summed E-state index contributed by atoms with van der Waals surface area (Å²) in [5.41, 5.74) is 1.58. The van der Waals surface area contributed by atoms with E-state index in [1.165, 1.54) is 0 Å². The van der Waals surface area contributed by atoms with Crippen LogP contribution in [0.15, 0.2) is 18.2 Å². The maximum absolute atomic E-state index is 13.0. The van der Waals surface area contributed by atoms with Crippen molar-refractivity contribution in [3.63, 3.8) is 0 Å². The van der Waals surface area contributed by atoms with Gasteiger partial charge in [0, 0.05) is 30.6 Å². The highest BCUT2D eigenvalue weighted by Gasteiger charge is 2.47. The number of carboxylic acids is 2. The molecule has 4 aliphatic heterocycles. The molecular formula is C24H25F3N4O8. The zero-order valence-electron chi connectivity index (χ0n) is 20.5. The Labute approximate surface area is 219 Å². The maximum atomic E-state index is 13.0. The fraction of sp³-hybridized carbons (Fsp3) is 0.500. The Morgan fingerprint density at radius 1 is 1.00 bits per heavy atom. The second-order valence-electron chi connectivity index (χ2n) is 10.0. The predicted molar refractivity (Wildman–Crippen MR) is 125 cm³/mol. The number of rotatable bonds is 4. The Kier molecular flexibility index (Phi) is 7.38. The first-order valence-electron chi connectivity index (χ1n) is 12.1. The molecule has 3 fully saturated rings. The van der Waals surface area contributed by atoms with Crippen LogP contribution in [0.4, 0.5) is 18.9 Å². The van der Waals surface area contributed by atoms with Crippen molar-refractivity contribution in [1.82, 2.24) is 15.1 Å². The van der Waals surface area contributed by atoms with Gasteiger partial charge in [0.15, 0.2) is 0 Å². The molecule has 210 valence electrons. The summed E-state index contributed by atoms with van der Waals surface area (Å²) < 4.78 is 31.7. The molecule has 1 atom stereocenters. The number of hydrogen-bond donors (Lipinski definition) is 3. The lowest BCUT2D eigenvalue weighted by atomic mass is 9.71. The molecule has 3 N–H and O–H groups in total. The van der Waals surface area contributed by atoms with E-state index in [2.05, 4.69) is 10.2 Å². The first-order valence-corrected chi connectivity index (χ1v) is 12.1. The quantitative estimate of drug-likeness (QED) is 0.452. The number of aliphatic carboxylic acids is 2.